The third-order valence-corrected chi connectivity index (χ3v) is 2.63. The first-order valence-corrected chi connectivity index (χ1v) is 5.86. The van der Waals surface area contributed by atoms with Crippen LogP contribution in [-0.2, 0) is 6.42 Å². The number of aryl methyl sites for hydroxylation is 1. The first kappa shape index (κ1) is 11.9. The number of oxazole rings is 1. The van der Waals surface area contributed by atoms with Crippen molar-refractivity contribution >= 4 is 0 Å². The van der Waals surface area contributed by atoms with Crippen molar-refractivity contribution in [3.63, 3.8) is 0 Å². The van der Waals surface area contributed by atoms with E-state index in [9.17, 15) is 0 Å². The van der Waals surface area contributed by atoms with Crippen LogP contribution in [-0.4, -0.2) is 11.0 Å². The number of aromatic nitrogens is 1. The van der Waals surface area contributed by atoms with Gasteiger partial charge in [-0.2, -0.15) is 0 Å². The predicted octanol–water partition coefficient (Wildman–Crippen LogP) is 2.86. The van der Waals surface area contributed by atoms with Crippen molar-refractivity contribution in [2.75, 3.05) is 0 Å². The summed E-state index contributed by atoms with van der Waals surface area (Å²) in [6, 6.07) is 4.30. The molecule has 0 aliphatic carbocycles. The van der Waals surface area contributed by atoms with E-state index in [4.69, 9.17) is 8.83 Å². The lowest BCUT2D eigenvalue weighted by Gasteiger charge is -2.16. The summed E-state index contributed by atoms with van der Waals surface area (Å²) in [4.78, 5) is 4.21. The normalized spacial score (nSPS) is 14.8. The Hall–Kier alpha value is -1.55. The maximum atomic E-state index is 5.48. The summed E-state index contributed by atoms with van der Waals surface area (Å²) in [5.41, 5.74) is 0. The number of hydrogen-bond donors (Lipinski definition) is 1. The molecule has 0 saturated carbocycles. The Bertz CT molecular complexity index is 448. The SMILES string of the molecule is Cc1cnc(C(C)NC(C)Cc2ccco2)o1. The molecule has 0 fully saturated rings. The average molecular weight is 234 g/mol. The second kappa shape index (κ2) is 5.19. The highest BCUT2D eigenvalue weighted by Crippen LogP contribution is 2.14. The molecule has 2 rings (SSSR count). The lowest BCUT2D eigenvalue weighted by atomic mass is 10.1. The van der Waals surface area contributed by atoms with Crippen LogP contribution in [0.25, 0.3) is 0 Å². The molecule has 1 N–H and O–H groups in total. The van der Waals surface area contributed by atoms with Gasteiger partial charge in [-0.15, -0.1) is 0 Å². The number of hydrogen-bond acceptors (Lipinski definition) is 4. The maximum Gasteiger partial charge on any atom is 0.211 e. The number of rotatable bonds is 5. The van der Waals surface area contributed by atoms with E-state index in [2.05, 4.69) is 17.2 Å². The molecule has 4 heteroatoms. The molecule has 0 radical (unpaired) electrons. The summed E-state index contributed by atoms with van der Waals surface area (Å²) < 4.78 is 10.8. The van der Waals surface area contributed by atoms with E-state index in [1.807, 2.05) is 26.0 Å². The number of nitrogens with zero attached hydrogens (tertiary/aromatic N) is 1. The minimum Gasteiger partial charge on any atom is -0.469 e. The first-order chi connectivity index (χ1) is 8.15. The number of furan rings is 1. The molecule has 2 heterocycles. The molecule has 0 aliphatic heterocycles. The van der Waals surface area contributed by atoms with Crippen LogP contribution >= 0.6 is 0 Å². The molecule has 0 bridgehead atoms. The van der Waals surface area contributed by atoms with Gasteiger partial charge in [0.05, 0.1) is 18.5 Å². The summed E-state index contributed by atoms with van der Waals surface area (Å²) in [5.74, 6) is 2.56. The Morgan fingerprint density at radius 3 is 2.82 bits per heavy atom. The van der Waals surface area contributed by atoms with Crippen molar-refractivity contribution in [3.05, 3.63) is 42.0 Å². The molecule has 4 nitrogen and oxygen atoms in total. The molecule has 2 atom stereocenters. The Morgan fingerprint density at radius 2 is 2.24 bits per heavy atom. The fraction of sp³-hybridized carbons (Fsp3) is 0.462. The molecular formula is C13H18N2O2. The van der Waals surface area contributed by atoms with Gasteiger partial charge in [-0.1, -0.05) is 0 Å². The zero-order valence-corrected chi connectivity index (χ0v) is 10.4. The van der Waals surface area contributed by atoms with Gasteiger partial charge in [0.25, 0.3) is 0 Å². The van der Waals surface area contributed by atoms with Gasteiger partial charge in [-0.05, 0) is 32.9 Å². The van der Waals surface area contributed by atoms with Crippen molar-refractivity contribution in [2.45, 2.75) is 39.3 Å². The monoisotopic (exact) mass is 234 g/mol. The van der Waals surface area contributed by atoms with Crippen LogP contribution < -0.4 is 5.32 Å². The van der Waals surface area contributed by atoms with E-state index in [-0.39, 0.29) is 6.04 Å². The van der Waals surface area contributed by atoms with Gasteiger partial charge in [0.1, 0.15) is 11.5 Å². The molecule has 2 unspecified atom stereocenters. The Labute approximate surface area is 101 Å². The predicted molar refractivity (Wildman–Crippen MR) is 64.7 cm³/mol. The zero-order valence-electron chi connectivity index (χ0n) is 10.4. The van der Waals surface area contributed by atoms with E-state index < -0.39 is 0 Å². The summed E-state index contributed by atoms with van der Waals surface area (Å²) >= 11 is 0. The molecule has 0 aromatic carbocycles. The van der Waals surface area contributed by atoms with Gasteiger partial charge >= 0.3 is 0 Å². The Kier molecular flexibility index (Phi) is 3.64. The largest absolute Gasteiger partial charge is 0.469 e. The van der Waals surface area contributed by atoms with Crippen LogP contribution in [0.3, 0.4) is 0 Å². The molecule has 17 heavy (non-hydrogen) atoms. The van der Waals surface area contributed by atoms with Gasteiger partial charge in [-0.25, -0.2) is 4.98 Å². The first-order valence-electron chi connectivity index (χ1n) is 5.86. The van der Waals surface area contributed by atoms with Crippen LogP contribution in [0.4, 0.5) is 0 Å². The lowest BCUT2D eigenvalue weighted by Crippen LogP contribution is -2.30. The third kappa shape index (κ3) is 3.20. The minimum atomic E-state index is 0.105. The summed E-state index contributed by atoms with van der Waals surface area (Å²) in [7, 11) is 0. The fourth-order valence-electron chi connectivity index (χ4n) is 1.86. The molecule has 0 spiro atoms. The van der Waals surface area contributed by atoms with Crippen LogP contribution in [0.1, 0.15) is 37.3 Å². The van der Waals surface area contributed by atoms with Gasteiger partial charge in [0, 0.05) is 12.5 Å². The van der Waals surface area contributed by atoms with E-state index in [1.54, 1.807) is 12.5 Å². The quantitative estimate of drug-likeness (QED) is 0.864. The lowest BCUT2D eigenvalue weighted by molar-refractivity contribution is 0.365. The molecule has 0 amide bonds. The van der Waals surface area contributed by atoms with Crippen molar-refractivity contribution < 1.29 is 8.83 Å². The van der Waals surface area contributed by atoms with Crippen molar-refractivity contribution in [1.29, 1.82) is 0 Å². The minimum absolute atomic E-state index is 0.105. The average Bonchev–Trinajstić information content (AvgIpc) is 2.89. The van der Waals surface area contributed by atoms with Gasteiger partial charge in [0.2, 0.25) is 5.89 Å². The zero-order chi connectivity index (χ0) is 12.3. The maximum absolute atomic E-state index is 5.48. The van der Waals surface area contributed by atoms with E-state index in [1.165, 1.54) is 0 Å². The van der Waals surface area contributed by atoms with Crippen LogP contribution in [0.2, 0.25) is 0 Å². The van der Waals surface area contributed by atoms with Crippen LogP contribution in [0.5, 0.6) is 0 Å². The molecule has 2 aromatic rings. The highest BCUT2D eigenvalue weighted by molar-refractivity contribution is 5.01. The third-order valence-electron chi connectivity index (χ3n) is 2.63. The topological polar surface area (TPSA) is 51.2 Å². The highest BCUT2D eigenvalue weighted by atomic mass is 16.4. The second-order valence-electron chi connectivity index (χ2n) is 4.38. The fourth-order valence-corrected chi connectivity index (χ4v) is 1.86. The Morgan fingerprint density at radius 1 is 1.41 bits per heavy atom. The standard InChI is InChI=1S/C13H18N2O2/c1-9(7-12-5-4-6-16-12)15-11(3)13-14-8-10(2)17-13/h4-6,8-9,11,15H,7H2,1-3H3. The van der Waals surface area contributed by atoms with E-state index >= 15 is 0 Å². The smallest absolute Gasteiger partial charge is 0.211 e. The highest BCUT2D eigenvalue weighted by Gasteiger charge is 2.14. The van der Waals surface area contributed by atoms with Crippen molar-refractivity contribution in [1.82, 2.24) is 10.3 Å². The number of nitrogens with one attached hydrogen (secondary N) is 1. The molecular weight excluding hydrogens is 216 g/mol. The summed E-state index contributed by atoms with van der Waals surface area (Å²) in [5, 5.41) is 3.43. The second-order valence-corrected chi connectivity index (χ2v) is 4.38. The van der Waals surface area contributed by atoms with Gasteiger partial charge in [0.15, 0.2) is 0 Å². The van der Waals surface area contributed by atoms with Gasteiger partial charge in [-0.3, -0.25) is 0 Å². The molecule has 0 aliphatic rings. The Balaban J connectivity index is 1.88. The van der Waals surface area contributed by atoms with E-state index in [0.717, 1.165) is 23.8 Å². The van der Waals surface area contributed by atoms with Crippen molar-refractivity contribution in [2.24, 2.45) is 0 Å². The van der Waals surface area contributed by atoms with Crippen LogP contribution in [0, 0.1) is 6.92 Å². The summed E-state index contributed by atoms with van der Waals surface area (Å²) in [6.45, 7) is 6.06. The van der Waals surface area contributed by atoms with Gasteiger partial charge < -0.3 is 14.2 Å². The molecule has 92 valence electrons. The van der Waals surface area contributed by atoms with E-state index in [0.29, 0.717) is 6.04 Å². The summed E-state index contributed by atoms with van der Waals surface area (Å²) in [6.07, 6.45) is 4.30. The molecule has 2 aromatic heterocycles. The van der Waals surface area contributed by atoms with Crippen molar-refractivity contribution in [3.8, 4) is 0 Å². The molecule has 0 saturated heterocycles. The van der Waals surface area contributed by atoms with Crippen LogP contribution in [0.15, 0.2) is 33.4 Å².